The Kier molecular flexibility index (Phi) is 3.72. The summed E-state index contributed by atoms with van der Waals surface area (Å²) in [6.45, 7) is 2.02. The number of hydrogen-bond acceptors (Lipinski definition) is 3. The van der Waals surface area contributed by atoms with Gasteiger partial charge in [-0.1, -0.05) is 6.92 Å². The first kappa shape index (κ1) is 12.7. The monoisotopic (exact) mass is 249 g/mol. The molecule has 2 rings (SSSR count). The van der Waals surface area contributed by atoms with Crippen molar-refractivity contribution < 1.29 is 9.50 Å². The molecule has 0 spiro atoms. The van der Waals surface area contributed by atoms with Gasteiger partial charge in [0.15, 0.2) is 0 Å². The number of aromatic nitrogens is 3. The van der Waals surface area contributed by atoms with Crippen LogP contribution < -0.4 is 0 Å². The Labute approximate surface area is 105 Å². The molecule has 96 valence electrons. The molecule has 0 aliphatic carbocycles. The average Bonchev–Trinajstić information content (AvgIpc) is 2.70. The van der Waals surface area contributed by atoms with Gasteiger partial charge in [-0.05, 0) is 18.6 Å². The number of hydrogen-bond donors (Lipinski definition) is 1. The molecule has 2 heterocycles. The van der Waals surface area contributed by atoms with E-state index in [2.05, 4.69) is 10.1 Å². The average molecular weight is 249 g/mol. The number of halogens is 1. The standard InChI is InChI=1S/C13H16FN3O/c1-3-9-6-10(17(2)16-9)7-13(18)11-4-5-15-8-12(11)14/h4-6,8,13,18H,3,7H2,1-2H3. The molecule has 1 atom stereocenters. The second kappa shape index (κ2) is 5.27. The molecule has 0 aromatic carbocycles. The van der Waals surface area contributed by atoms with Gasteiger partial charge in [-0.25, -0.2) is 4.39 Å². The predicted molar refractivity (Wildman–Crippen MR) is 65.4 cm³/mol. The Morgan fingerprint density at radius 3 is 2.89 bits per heavy atom. The predicted octanol–water partition coefficient (Wildman–Crippen LogP) is 1.79. The fourth-order valence-electron chi connectivity index (χ4n) is 1.90. The van der Waals surface area contributed by atoms with E-state index < -0.39 is 11.9 Å². The number of aryl methyl sites for hydroxylation is 2. The lowest BCUT2D eigenvalue weighted by Gasteiger charge is -2.11. The molecular weight excluding hydrogens is 233 g/mol. The quantitative estimate of drug-likeness (QED) is 0.898. The highest BCUT2D eigenvalue weighted by Gasteiger charge is 2.15. The van der Waals surface area contributed by atoms with Crippen LogP contribution in [0.1, 0.15) is 30.0 Å². The van der Waals surface area contributed by atoms with Crippen LogP contribution in [-0.2, 0) is 19.9 Å². The molecule has 5 heteroatoms. The first-order chi connectivity index (χ1) is 8.61. The van der Waals surface area contributed by atoms with E-state index >= 15 is 0 Å². The minimum atomic E-state index is -0.881. The van der Waals surface area contributed by atoms with Gasteiger partial charge in [0.25, 0.3) is 0 Å². The van der Waals surface area contributed by atoms with Crippen molar-refractivity contribution in [2.45, 2.75) is 25.9 Å². The van der Waals surface area contributed by atoms with Crippen molar-refractivity contribution >= 4 is 0 Å². The van der Waals surface area contributed by atoms with Crippen molar-refractivity contribution in [2.24, 2.45) is 7.05 Å². The van der Waals surface area contributed by atoms with Gasteiger partial charge in [0.1, 0.15) is 5.82 Å². The van der Waals surface area contributed by atoms with E-state index in [0.717, 1.165) is 24.0 Å². The molecule has 0 aliphatic rings. The topological polar surface area (TPSA) is 50.9 Å². The summed E-state index contributed by atoms with van der Waals surface area (Å²) in [7, 11) is 1.82. The number of rotatable bonds is 4. The smallest absolute Gasteiger partial charge is 0.147 e. The largest absolute Gasteiger partial charge is 0.388 e. The number of pyridine rings is 1. The van der Waals surface area contributed by atoms with E-state index in [0.29, 0.717) is 6.42 Å². The van der Waals surface area contributed by atoms with Crippen molar-refractivity contribution in [1.82, 2.24) is 14.8 Å². The summed E-state index contributed by atoms with van der Waals surface area (Å²) in [5, 5.41) is 14.4. The second-order valence-corrected chi connectivity index (χ2v) is 4.22. The summed E-state index contributed by atoms with van der Waals surface area (Å²) in [6, 6.07) is 3.43. The maximum Gasteiger partial charge on any atom is 0.147 e. The van der Waals surface area contributed by atoms with E-state index in [-0.39, 0.29) is 5.56 Å². The zero-order chi connectivity index (χ0) is 13.1. The van der Waals surface area contributed by atoms with Gasteiger partial charge in [-0.2, -0.15) is 5.10 Å². The zero-order valence-corrected chi connectivity index (χ0v) is 10.5. The lowest BCUT2D eigenvalue weighted by molar-refractivity contribution is 0.171. The van der Waals surface area contributed by atoms with Gasteiger partial charge in [0.2, 0.25) is 0 Å². The Morgan fingerprint density at radius 1 is 1.50 bits per heavy atom. The second-order valence-electron chi connectivity index (χ2n) is 4.22. The van der Waals surface area contributed by atoms with Crippen LogP contribution in [-0.4, -0.2) is 19.9 Å². The van der Waals surface area contributed by atoms with E-state index in [1.54, 1.807) is 4.68 Å². The highest BCUT2D eigenvalue weighted by atomic mass is 19.1. The fourth-order valence-corrected chi connectivity index (χ4v) is 1.90. The molecule has 2 aromatic rings. The fraction of sp³-hybridized carbons (Fsp3) is 0.385. The van der Waals surface area contributed by atoms with Gasteiger partial charge in [0, 0.05) is 30.9 Å². The molecule has 0 radical (unpaired) electrons. The lowest BCUT2D eigenvalue weighted by Crippen LogP contribution is -2.08. The highest BCUT2D eigenvalue weighted by Crippen LogP contribution is 2.20. The van der Waals surface area contributed by atoms with Crippen LogP contribution in [0.15, 0.2) is 24.5 Å². The third kappa shape index (κ3) is 2.56. The van der Waals surface area contributed by atoms with E-state index in [9.17, 15) is 9.50 Å². The van der Waals surface area contributed by atoms with Gasteiger partial charge >= 0.3 is 0 Å². The zero-order valence-electron chi connectivity index (χ0n) is 10.5. The van der Waals surface area contributed by atoms with Gasteiger partial charge < -0.3 is 5.11 Å². The summed E-state index contributed by atoms with van der Waals surface area (Å²) in [4.78, 5) is 3.67. The van der Waals surface area contributed by atoms with Crippen LogP contribution in [0.4, 0.5) is 4.39 Å². The van der Waals surface area contributed by atoms with Crippen molar-refractivity contribution in [1.29, 1.82) is 0 Å². The molecule has 1 N–H and O–H groups in total. The molecule has 18 heavy (non-hydrogen) atoms. The molecule has 4 nitrogen and oxygen atoms in total. The SMILES string of the molecule is CCc1cc(CC(O)c2ccncc2F)n(C)n1. The third-order valence-electron chi connectivity index (χ3n) is 2.95. The van der Waals surface area contributed by atoms with E-state index in [1.165, 1.54) is 12.3 Å². The molecule has 0 saturated heterocycles. The van der Waals surface area contributed by atoms with Crippen molar-refractivity contribution in [2.75, 3.05) is 0 Å². The summed E-state index contributed by atoms with van der Waals surface area (Å²) >= 11 is 0. The third-order valence-corrected chi connectivity index (χ3v) is 2.95. The Hall–Kier alpha value is -1.75. The van der Waals surface area contributed by atoms with Crippen LogP contribution in [0, 0.1) is 5.82 Å². The number of nitrogens with zero attached hydrogens (tertiary/aromatic N) is 3. The van der Waals surface area contributed by atoms with Gasteiger partial charge in [-0.3, -0.25) is 9.67 Å². The molecule has 0 bridgehead atoms. The summed E-state index contributed by atoms with van der Waals surface area (Å²) in [6.07, 6.45) is 2.88. The number of aliphatic hydroxyl groups excluding tert-OH is 1. The first-order valence-corrected chi connectivity index (χ1v) is 5.91. The van der Waals surface area contributed by atoms with E-state index in [1.807, 2.05) is 20.0 Å². The molecule has 0 amide bonds. The highest BCUT2D eigenvalue weighted by molar-refractivity contribution is 5.19. The van der Waals surface area contributed by atoms with E-state index in [4.69, 9.17) is 0 Å². The molecule has 1 unspecified atom stereocenters. The van der Waals surface area contributed by atoms with Crippen molar-refractivity contribution in [3.05, 3.63) is 47.3 Å². The molecule has 2 aromatic heterocycles. The van der Waals surface area contributed by atoms with Gasteiger partial charge in [0.05, 0.1) is 18.0 Å². The number of aliphatic hydroxyl groups is 1. The van der Waals surface area contributed by atoms with Crippen molar-refractivity contribution in [3.8, 4) is 0 Å². The normalized spacial score (nSPS) is 12.7. The molecule has 0 fully saturated rings. The Morgan fingerprint density at radius 2 is 2.28 bits per heavy atom. The summed E-state index contributed by atoms with van der Waals surface area (Å²) in [5.41, 5.74) is 2.12. The van der Waals surface area contributed by atoms with Crippen LogP contribution >= 0.6 is 0 Å². The van der Waals surface area contributed by atoms with Crippen LogP contribution in [0.25, 0.3) is 0 Å². The lowest BCUT2D eigenvalue weighted by atomic mass is 10.1. The first-order valence-electron chi connectivity index (χ1n) is 5.91. The molecule has 0 saturated carbocycles. The molecular formula is C13H16FN3O. The maximum atomic E-state index is 13.5. The van der Waals surface area contributed by atoms with Crippen LogP contribution in [0.5, 0.6) is 0 Å². The minimum absolute atomic E-state index is 0.268. The molecule has 0 aliphatic heterocycles. The van der Waals surface area contributed by atoms with Crippen LogP contribution in [0.2, 0.25) is 0 Å². The van der Waals surface area contributed by atoms with Crippen molar-refractivity contribution in [3.63, 3.8) is 0 Å². The van der Waals surface area contributed by atoms with Crippen LogP contribution in [0.3, 0.4) is 0 Å². The summed E-state index contributed by atoms with van der Waals surface area (Å²) < 4.78 is 15.2. The van der Waals surface area contributed by atoms with Gasteiger partial charge in [-0.15, -0.1) is 0 Å². The Balaban J connectivity index is 2.18. The maximum absolute atomic E-state index is 13.5. The summed E-state index contributed by atoms with van der Waals surface area (Å²) in [5.74, 6) is -0.483. The Bertz CT molecular complexity index is 539. The minimum Gasteiger partial charge on any atom is -0.388 e.